The predicted molar refractivity (Wildman–Crippen MR) is 104 cm³/mol. The Morgan fingerprint density at radius 3 is 2.42 bits per heavy atom. The lowest BCUT2D eigenvalue weighted by molar-refractivity contribution is -0.120. The van der Waals surface area contributed by atoms with Crippen LogP contribution in [0.25, 0.3) is 0 Å². The smallest absolute Gasteiger partial charge is 0.244 e. The minimum Gasteiger partial charge on any atom is -0.497 e. The number of methoxy groups -OCH3 is 2. The molecule has 0 aromatic heterocycles. The molecular formula is C21H26N2O3. The molecule has 0 atom stereocenters. The van der Waals surface area contributed by atoms with E-state index in [1.807, 2.05) is 37.3 Å². The van der Waals surface area contributed by atoms with Crippen LogP contribution >= 0.6 is 0 Å². The molecule has 26 heavy (non-hydrogen) atoms. The van der Waals surface area contributed by atoms with Gasteiger partial charge in [-0.3, -0.25) is 4.79 Å². The first-order chi connectivity index (χ1) is 12.4. The third-order valence-electron chi connectivity index (χ3n) is 4.16. The van der Waals surface area contributed by atoms with Gasteiger partial charge in [0.1, 0.15) is 11.5 Å². The highest BCUT2D eigenvalue weighted by atomic mass is 16.5. The molecule has 2 aromatic rings. The van der Waals surface area contributed by atoms with E-state index in [0.29, 0.717) is 5.92 Å². The van der Waals surface area contributed by atoms with Crippen LogP contribution in [0, 0.1) is 6.92 Å². The molecule has 2 rings (SSSR count). The third kappa shape index (κ3) is 5.09. The summed E-state index contributed by atoms with van der Waals surface area (Å²) in [5.74, 6) is 1.81. The van der Waals surface area contributed by atoms with Crippen LogP contribution in [0.15, 0.2) is 41.5 Å². The lowest BCUT2D eigenvalue weighted by Crippen LogP contribution is -2.19. The zero-order valence-electron chi connectivity index (χ0n) is 16.0. The number of ether oxygens (including phenoxy) is 2. The second-order valence-corrected chi connectivity index (χ2v) is 6.42. The maximum Gasteiger partial charge on any atom is 0.244 e. The molecule has 0 saturated carbocycles. The van der Waals surface area contributed by atoms with Crippen molar-refractivity contribution in [2.45, 2.75) is 33.1 Å². The second-order valence-electron chi connectivity index (χ2n) is 6.42. The number of nitrogens with one attached hydrogen (secondary N) is 1. The van der Waals surface area contributed by atoms with Gasteiger partial charge in [0.25, 0.3) is 0 Å². The van der Waals surface area contributed by atoms with Gasteiger partial charge in [0, 0.05) is 0 Å². The van der Waals surface area contributed by atoms with E-state index in [1.165, 1.54) is 0 Å². The van der Waals surface area contributed by atoms with Crippen LogP contribution in [0.2, 0.25) is 0 Å². The van der Waals surface area contributed by atoms with E-state index in [-0.39, 0.29) is 12.3 Å². The standard InChI is InChI=1S/C21H26N2O3/c1-14(2)19-12-17(15(3)10-20(19)26-5)13-22-23-21(24)11-16-6-8-18(25-4)9-7-16/h6-10,12-14H,11H2,1-5H3,(H,23,24)/b22-13+. The van der Waals surface area contributed by atoms with Gasteiger partial charge in [0.15, 0.2) is 0 Å². The minimum atomic E-state index is -0.165. The highest BCUT2D eigenvalue weighted by Gasteiger charge is 2.10. The van der Waals surface area contributed by atoms with E-state index in [0.717, 1.165) is 33.8 Å². The van der Waals surface area contributed by atoms with Crippen molar-refractivity contribution in [2.75, 3.05) is 14.2 Å². The Hall–Kier alpha value is -2.82. The van der Waals surface area contributed by atoms with Crippen LogP contribution in [0.4, 0.5) is 0 Å². The van der Waals surface area contributed by atoms with Gasteiger partial charge in [-0.2, -0.15) is 5.10 Å². The SMILES string of the molecule is COc1ccc(CC(=O)N/N=C/c2cc(C(C)C)c(OC)cc2C)cc1. The number of hydrogen-bond donors (Lipinski definition) is 1. The topological polar surface area (TPSA) is 59.9 Å². The van der Waals surface area contributed by atoms with Crippen molar-refractivity contribution in [1.82, 2.24) is 5.43 Å². The number of nitrogens with zero attached hydrogens (tertiary/aromatic N) is 1. The number of hydrazone groups is 1. The van der Waals surface area contributed by atoms with Crippen molar-refractivity contribution < 1.29 is 14.3 Å². The van der Waals surface area contributed by atoms with Crippen molar-refractivity contribution in [3.63, 3.8) is 0 Å². The number of benzene rings is 2. The molecule has 138 valence electrons. The van der Waals surface area contributed by atoms with Gasteiger partial charge in [-0.05, 0) is 59.4 Å². The second kappa shape index (κ2) is 9.04. The van der Waals surface area contributed by atoms with Gasteiger partial charge in [0.2, 0.25) is 5.91 Å². The summed E-state index contributed by atoms with van der Waals surface area (Å²) < 4.78 is 10.6. The van der Waals surface area contributed by atoms with Gasteiger partial charge in [0.05, 0.1) is 26.9 Å². The highest BCUT2D eigenvalue weighted by Crippen LogP contribution is 2.29. The Morgan fingerprint density at radius 2 is 1.85 bits per heavy atom. The molecule has 0 bridgehead atoms. The van der Waals surface area contributed by atoms with Crippen LogP contribution in [-0.4, -0.2) is 26.3 Å². The fraction of sp³-hybridized carbons (Fsp3) is 0.333. The van der Waals surface area contributed by atoms with Crippen molar-refractivity contribution in [3.05, 3.63) is 58.7 Å². The van der Waals surface area contributed by atoms with E-state index in [2.05, 4.69) is 30.4 Å². The summed E-state index contributed by atoms with van der Waals surface area (Å²) in [4.78, 5) is 12.0. The van der Waals surface area contributed by atoms with Crippen LogP contribution in [0.1, 0.15) is 42.0 Å². The fourth-order valence-corrected chi connectivity index (χ4v) is 2.62. The number of hydrogen-bond acceptors (Lipinski definition) is 4. The number of rotatable bonds is 7. The third-order valence-corrected chi connectivity index (χ3v) is 4.16. The minimum absolute atomic E-state index is 0.165. The van der Waals surface area contributed by atoms with Crippen molar-refractivity contribution in [3.8, 4) is 11.5 Å². The molecule has 0 fully saturated rings. The molecule has 0 aliphatic rings. The Balaban J connectivity index is 2.02. The molecule has 0 radical (unpaired) electrons. The molecule has 0 unspecified atom stereocenters. The molecular weight excluding hydrogens is 328 g/mol. The molecule has 1 N–H and O–H groups in total. The summed E-state index contributed by atoms with van der Waals surface area (Å²) in [6, 6.07) is 11.4. The Labute approximate surface area is 155 Å². The van der Waals surface area contributed by atoms with Crippen LogP contribution < -0.4 is 14.9 Å². The number of carbonyl (C=O) groups excluding carboxylic acids is 1. The Bertz CT molecular complexity index is 781. The largest absolute Gasteiger partial charge is 0.497 e. The first-order valence-electron chi connectivity index (χ1n) is 8.58. The van der Waals surface area contributed by atoms with Crippen LogP contribution in [0.5, 0.6) is 11.5 Å². The van der Waals surface area contributed by atoms with Crippen LogP contribution in [0.3, 0.4) is 0 Å². The average molecular weight is 354 g/mol. The van der Waals surface area contributed by atoms with E-state index in [9.17, 15) is 4.79 Å². The monoisotopic (exact) mass is 354 g/mol. The van der Waals surface area contributed by atoms with Gasteiger partial charge in [-0.25, -0.2) is 5.43 Å². The molecule has 5 nitrogen and oxygen atoms in total. The van der Waals surface area contributed by atoms with E-state index in [1.54, 1.807) is 20.4 Å². The van der Waals surface area contributed by atoms with Crippen molar-refractivity contribution in [1.29, 1.82) is 0 Å². The summed E-state index contributed by atoms with van der Waals surface area (Å²) in [5.41, 5.74) is 6.60. The maximum absolute atomic E-state index is 12.0. The van der Waals surface area contributed by atoms with Crippen molar-refractivity contribution >= 4 is 12.1 Å². The number of carbonyl (C=O) groups is 1. The lowest BCUT2D eigenvalue weighted by atomic mass is 9.97. The predicted octanol–water partition coefficient (Wildman–Crippen LogP) is 3.83. The molecule has 0 aliphatic carbocycles. The van der Waals surface area contributed by atoms with Crippen LogP contribution in [-0.2, 0) is 11.2 Å². The molecule has 0 aliphatic heterocycles. The van der Waals surface area contributed by atoms with Gasteiger partial charge in [-0.1, -0.05) is 26.0 Å². The quantitative estimate of drug-likeness (QED) is 0.607. The molecule has 1 amide bonds. The highest BCUT2D eigenvalue weighted by molar-refractivity contribution is 5.85. The first-order valence-corrected chi connectivity index (χ1v) is 8.58. The molecule has 0 spiro atoms. The summed E-state index contributed by atoms with van der Waals surface area (Å²) in [7, 11) is 3.29. The molecule has 2 aromatic carbocycles. The summed E-state index contributed by atoms with van der Waals surface area (Å²) >= 11 is 0. The first kappa shape index (κ1) is 19.5. The molecule has 0 heterocycles. The van der Waals surface area contributed by atoms with Crippen molar-refractivity contribution in [2.24, 2.45) is 5.10 Å². The molecule has 0 saturated heterocycles. The Morgan fingerprint density at radius 1 is 1.15 bits per heavy atom. The fourth-order valence-electron chi connectivity index (χ4n) is 2.62. The number of aryl methyl sites for hydroxylation is 1. The summed E-state index contributed by atoms with van der Waals surface area (Å²) in [6.45, 7) is 6.22. The Kier molecular flexibility index (Phi) is 6.78. The van der Waals surface area contributed by atoms with E-state index in [4.69, 9.17) is 9.47 Å². The summed E-state index contributed by atoms with van der Waals surface area (Å²) in [5, 5.41) is 4.10. The van der Waals surface area contributed by atoms with E-state index < -0.39 is 0 Å². The lowest BCUT2D eigenvalue weighted by Gasteiger charge is -2.14. The van der Waals surface area contributed by atoms with Gasteiger partial charge in [-0.15, -0.1) is 0 Å². The normalized spacial score (nSPS) is 11.0. The van der Waals surface area contributed by atoms with E-state index >= 15 is 0 Å². The van der Waals surface area contributed by atoms with Gasteiger partial charge >= 0.3 is 0 Å². The zero-order valence-corrected chi connectivity index (χ0v) is 16.0. The molecule has 5 heteroatoms. The van der Waals surface area contributed by atoms with Gasteiger partial charge < -0.3 is 9.47 Å². The average Bonchev–Trinajstić information content (AvgIpc) is 2.63. The summed E-state index contributed by atoms with van der Waals surface area (Å²) in [6.07, 6.45) is 1.94. The zero-order chi connectivity index (χ0) is 19.1. The maximum atomic E-state index is 12.0. The number of amides is 1.